The number of hydrogen-bond acceptors (Lipinski definition) is 3. The Hall–Kier alpha value is -3.18. The van der Waals surface area contributed by atoms with E-state index in [9.17, 15) is 9.59 Å². The number of amides is 2. The Morgan fingerprint density at radius 1 is 0.969 bits per heavy atom. The van der Waals surface area contributed by atoms with Crippen molar-refractivity contribution in [3.63, 3.8) is 0 Å². The van der Waals surface area contributed by atoms with Gasteiger partial charge in [0.05, 0.1) is 0 Å². The van der Waals surface area contributed by atoms with Gasteiger partial charge in [-0.05, 0) is 55.2 Å². The normalized spacial score (nSPS) is 19.2. The molecule has 0 saturated carbocycles. The third-order valence-corrected chi connectivity index (χ3v) is 6.76. The van der Waals surface area contributed by atoms with Gasteiger partial charge in [0.1, 0.15) is 0 Å². The highest BCUT2D eigenvalue weighted by molar-refractivity contribution is 6.30. The molecule has 0 aliphatic carbocycles. The summed E-state index contributed by atoms with van der Waals surface area (Å²) in [4.78, 5) is 34.6. The highest BCUT2D eigenvalue weighted by Crippen LogP contribution is 2.49. The first kappa shape index (κ1) is 20.7. The van der Waals surface area contributed by atoms with Crippen molar-refractivity contribution in [1.82, 2.24) is 14.8 Å². The molecule has 32 heavy (non-hydrogen) atoms. The van der Waals surface area contributed by atoms with Crippen LogP contribution in [0.15, 0.2) is 73.1 Å². The average Bonchev–Trinajstić information content (AvgIpc) is 3.33. The van der Waals surface area contributed by atoms with Gasteiger partial charge in [0.2, 0.25) is 5.91 Å². The van der Waals surface area contributed by atoms with Gasteiger partial charge >= 0.3 is 0 Å². The van der Waals surface area contributed by atoms with E-state index in [2.05, 4.69) is 4.98 Å². The van der Waals surface area contributed by atoms with Crippen LogP contribution in [0.25, 0.3) is 0 Å². The fraction of sp³-hybridized carbons (Fsp3) is 0.269. The third-order valence-electron chi connectivity index (χ3n) is 6.51. The van der Waals surface area contributed by atoms with Gasteiger partial charge in [-0.2, -0.15) is 0 Å². The van der Waals surface area contributed by atoms with Gasteiger partial charge in [-0.25, -0.2) is 0 Å². The van der Waals surface area contributed by atoms with Gasteiger partial charge in [-0.1, -0.05) is 41.9 Å². The van der Waals surface area contributed by atoms with E-state index in [1.54, 1.807) is 12.4 Å². The van der Waals surface area contributed by atoms with Crippen molar-refractivity contribution in [3.8, 4) is 0 Å². The maximum atomic E-state index is 13.5. The molecule has 2 aliphatic heterocycles. The Morgan fingerprint density at radius 3 is 2.50 bits per heavy atom. The summed E-state index contributed by atoms with van der Waals surface area (Å²) in [6, 6.07) is 19.2. The van der Waals surface area contributed by atoms with Crippen LogP contribution in [0, 0.1) is 0 Å². The van der Waals surface area contributed by atoms with Gasteiger partial charge in [-0.15, -0.1) is 0 Å². The number of halogens is 1. The summed E-state index contributed by atoms with van der Waals surface area (Å²) in [6.07, 6.45) is 6.68. The smallest absolute Gasteiger partial charge is 0.256 e. The largest absolute Gasteiger partial charge is 0.310 e. The summed E-state index contributed by atoms with van der Waals surface area (Å²) in [5.74, 6) is 0.0465. The minimum atomic E-state index is -0.902. The lowest BCUT2D eigenvalue weighted by atomic mass is 9.89. The van der Waals surface area contributed by atoms with Crippen molar-refractivity contribution in [3.05, 3.63) is 100 Å². The maximum Gasteiger partial charge on any atom is 0.256 e. The van der Waals surface area contributed by atoms with Crippen LogP contribution in [0.5, 0.6) is 0 Å². The SMILES string of the molecule is O=C(CCCCc1ccncc1)N1CCN2C(=O)c3ccccc3C12c1ccc(Cl)cc1. The highest BCUT2D eigenvalue weighted by Gasteiger charge is 2.59. The van der Waals surface area contributed by atoms with Gasteiger partial charge < -0.3 is 9.80 Å². The lowest BCUT2D eigenvalue weighted by Crippen LogP contribution is -2.51. The molecule has 0 N–H and O–H groups in total. The Bertz CT molecular complexity index is 1150. The second-order valence-electron chi connectivity index (χ2n) is 8.29. The Balaban J connectivity index is 1.43. The molecule has 2 aromatic carbocycles. The molecule has 0 radical (unpaired) electrons. The predicted molar refractivity (Wildman–Crippen MR) is 123 cm³/mol. The number of carbonyl (C=O) groups is 2. The molecule has 2 amide bonds. The maximum absolute atomic E-state index is 13.5. The van der Waals surface area contributed by atoms with Crippen molar-refractivity contribution in [2.45, 2.75) is 31.3 Å². The molecule has 0 spiro atoms. The van der Waals surface area contributed by atoms with Crippen molar-refractivity contribution in [2.24, 2.45) is 0 Å². The van der Waals surface area contributed by atoms with E-state index in [1.807, 2.05) is 70.5 Å². The van der Waals surface area contributed by atoms with E-state index in [1.165, 1.54) is 5.56 Å². The Kier molecular flexibility index (Phi) is 5.43. The standard InChI is InChI=1S/C26H24ClN3O2/c27-21-11-9-20(10-12-21)26-23-7-3-2-6-22(23)25(32)30(26)18-17-29(26)24(31)8-4-1-5-19-13-15-28-16-14-19/h2-3,6-7,9-16H,1,4-5,8,17-18H2. The number of benzene rings is 2. The zero-order valence-corrected chi connectivity index (χ0v) is 18.5. The van der Waals surface area contributed by atoms with Crippen LogP contribution in [0.2, 0.25) is 5.02 Å². The quantitative estimate of drug-likeness (QED) is 0.519. The molecule has 6 heteroatoms. The second kappa shape index (κ2) is 8.40. The zero-order chi connectivity index (χ0) is 22.1. The van der Waals surface area contributed by atoms with Gasteiger partial charge in [0.25, 0.3) is 5.91 Å². The fourth-order valence-corrected chi connectivity index (χ4v) is 5.20. The van der Waals surface area contributed by atoms with Crippen molar-refractivity contribution in [1.29, 1.82) is 0 Å². The first-order valence-corrected chi connectivity index (χ1v) is 11.4. The van der Waals surface area contributed by atoms with E-state index < -0.39 is 5.66 Å². The summed E-state index contributed by atoms with van der Waals surface area (Å²) in [7, 11) is 0. The summed E-state index contributed by atoms with van der Waals surface area (Å²) in [5, 5.41) is 0.626. The molecule has 1 atom stereocenters. The minimum Gasteiger partial charge on any atom is -0.310 e. The number of nitrogens with zero attached hydrogens (tertiary/aromatic N) is 3. The van der Waals surface area contributed by atoms with Gasteiger partial charge in [0.15, 0.2) is 5.66 Å². The average molecular weight is 446 g/mol. The molecule has 1 aromatic heterocycles. The molecule has 0 bridgehead atoms. The molecule has 1 unspecified atom stereocenters. The van der Waals surface area contributed by atoms with Crippen LogP contribution >= 0.6 is 11.6 Å². The molecule has 5 nitrogen and oxygen atoms in total. The lowest BCUT2D eigenvalue weighted by molar-refractivity contribution is -0.136. The van der Waals surface area contributed by atoms with Crippen LogP contribution in [0.1, 0.15) is 46.3 Å². The molecular formula is C26H24ClN3O2. The van der Waals surface area contributed by atoms with E-state index in [0.717, 1.165) is 30.4 Å². The summed E-state index contributed by atoms with van der Waals surface area (Å²) in [6.45, 7) is 1.03. The van der Waals surface area contributed by atoms with Crippen LogP contribution < -0.4 is 0 Å². The Labute approximate surface area is 192 Å². The van der Waals surface area contributed by atoms with Crippen molar-refractivity contribution in [2.75, 3.05) is 13.1 Å². The number of pyridine rings is 1. The van der Waals surface area contributed by atoms with Crippen LogP contribution in [-0.2, 0) is 16.9 Å². The number of aryl methyl sites for hydroxylation is 1. The minimum absolute atomic E-state index is 0.0245. The summed E-state index contributed by atoms with van der Waals surface area (Å²) < 4.78 is 0. The molecule has 162 valence electrons. The van der Waals surface area contributed by atoms with Crippen LogP contribution in [0.3, 0.4) is 0 Å². The van der Waals surface area contributed by atoms with E-state index in [4.69, 9.17) is 11.6 Å². The number of fused-ring (bicyclic) bond motifs is 3. The molecular weight excluding hydrogens is 422 g/mol. The number of unbranched alkanes of at least 4 members (excludes halogenated alkanes) is 1. The van der Waals surface area contributed by atoms with Crippen LogP contribution in [0.4, 0.5) is 0 Å². The number of aromatic nitrogens is 1. The molecule has 3 heterocycles. The number of carbonyl (C=O) groups excluding carboxylic acids is 2. The molecule has 1 fully saturated rings. The molecule has 3 aromatic rings. The van der Waals surface area contributed by atoms with Crippen molar-refractivity contribution < 1.29 is 9.59 Å². The monoisotopic (exact) mass is 445 g/mol. The summed E-state index contributed by atoms with van der Waals surface area (Å²) in [5.41, 5.74) is 2.75. The van der Waals surface area contributed by atoms with E-state index in [-0.39, 0.29) is 11.8 Å². The summed E-state index contributed by atoms with van der Waals surface area (Å²) >= 11 is 6.16. The van der Waals surface area contributed by atoms with E-state index in [0.29, 0.717) is 30.1 Å². The topological polar surface area (TPSA) is 53.5 Å². The molecule has 1 saturated heterocycles. The van der Waals surface area contributed by atoms with Gasteiger partial charge in [-0.3, -0.25) is 14.6 Å². The van der Waals surface area contributed by atoms with Crippen molar-refractivity contribution >= 4 is 23.4 Å². The first-order chi connectivity index (χ1) is 15.6. The van der Waals surface area contributed by atoms with Gasteiger partial charge in [0, 0.05) is 53.6 Å². The van der Waals surface area contributed by atoms with Crippen LogP contribution in [-0.4, -0.2) is 39.7 Å². The lowest BCUT2D eigenvalue weighted by Gasteiger charge is -2.40. The first-order valence-electron chi connectivity index (χ1n) is 11.0. The highest BCUT2D eigenvalue weighted by atomic mass is 35.5. The Morgan fingerprint density at radius 2 is 1.72 bits per heavy atom. The molecule has 5 rings (SSSR count). The predicted octanol–water partition coefficient (Wildman–Crippen LogP) is 4.65. The molecule has 2 aliphatic rings. The number of rotatable bonds is 6. The fourth-order valence-electron chi connectivity index (χ4n) is 5.07. The second-order valence-corrected chi connectivity index (χ2v) is 8.73. The number of hydrogen-bond donors (Lipinski definition) is 0. The third kappa shape index (κ3) is 3.28. The zero-order valence-electron chi connectivity index (χ0n) is 17.7. The van der Waals surface area contributed by atoms with E-state index >= 15 is 0 Å².